The van der Waals surface area contributed by atoms with Crippen molar-refractivity contribution < 1.29 is 15.6 Å². The quantitative estimate of drug-likeness (QED) is 0.176. The summed E-state index contributed by atoms with van der Waals surface area (Å²) >= 11 is -5.11. The van der Waals surface area contributed by atoms with Crippen molar-refractivity contribution in [3.05, 3.63) is 129 Å². The second kappa shape index (κ2) is 13.1. The number of hydrogen-bond acceptors (Lipinski definition) is 0. The Bertz CT molecular complexity index is 1930. The van der Waals surface area contributed by atoms with Crippen molar-refractivity contribution >= 4 is 35.1 Å². The zero-order valence-electron chi connectivity index (χ0n) is 34.2. The Hall–Kier alpha value is -1.96. The molecule has 6 rings (SSSR count). The van der Waals surface area contributed by atoms with Crippen LogP contribution in [0.25, 0.3) is 34.4 Å². The van der Waals surface area contributed by atoms with Gasteiger partial charge in [-0.3, -0.25) is 0 Å². The minimum absolute atomic E-state index is 0.00656. The van der Waals surface area contributed by atoms with Gasteiger partial charge in [0.1, 0.15) is 0 Å². The minimum atomic E-state index is -5.11. The summed E-state index contributed by atoms with van der Waals surface area (Å²) in [6, 6.07) is 31.7. The molecule has 0 fully saturated rings. The molecule has 0 radical (unpaired) electrons. The average molecular weight is 828 g/mol. The SMILES string of the molecule is C[SiH](C)[Zr]([Cl])([Cl])([CH]1C(C(C)(C)C)=Cc2c1ccc(C(C)(C)C)c2-c1ccccc1)[CH]1C(C(C)(C)C)=Cc2c1ccc(C(C)(C)C)c2-c1ccccc1. The Labute approximate surface area is 324 Å². The van der Waals surface area contributed by atoms with Crippen LogP contribution < -0.4 is 0 Å². The molecule has 4 aromatic carbocycles. The molecular formula is C48H61Cl2SiZr. The van der Waals surface area contributed by atoms with Crippen LogP contribution in [0.1, 0.15) is 124 Å². The molecule has 0 saturated heterocycles. The molecule has 2 atom stereocenters. The van der Waals surface area contributed by atoms with E-state index in [-0.39, 0.29) is 28.9 Å². The van der Waals surface area contributed by atoms with Crippen LogP contribution in [0, 0.1) is 10.8 Å². The first-order valence-electron chi connectivity index (χ1n) is 19.4. The van der Waals surface area contributed by atoms with Gasteiger partial charge in [-0.25, -0.2) is 0 Å². The second-order valence-corrected chi connectivity index (χ2v) is 62.7. The van der Waals surface area contributed by atoms with Crippen molar-refractivity contribution in [3.8, 4) is 22.3 Å². The summed E-state index contributed by atoms with van der Waals surface area (Å²) in [4.78, 5) is 0. The van der Waals surface area contributed by atoms with Crippen LogP contribution in [0.4, 0.5) is 0 Å². The maximum absolute atomic E-state index is 9.01. The van der Waals surface area contributed by atoms with E-state index in [4.69, 9.17) is 17.0 Å². The van der Waals surface area contributed by atoms with Crippen molar-refractivity contribution in [1.82, 2.24) is 0 Å². The molecule has 0 saturated carbocycles. The fraction of sp³-hybridized carbons (Fsp3) is 0.417. The molecule has 2 aliphatic rings. The number of fused-ring (bicyclic) bond motifs is 2. The third-order valence-corrected chi connectivity index (χ3v) is 63.6. The van der Waals surface area contributed by atoms with Gasteiger partial charge < -0.3 is 0 Å². The molecule has 0 amide bonds. The molecule has 0 heterocycles. The van der Waals surface area contributed by atoms with Gasteiger partial charge in [0, 0.05) is 0 Å². The first kappa shape index (κ1) is 39.7. The molecule has 0 bridgehead atoms. The second-order valence-electron chi connectivity index (χ2n) is 20.2. The van der Waals surface area contributed by atoms with E-state index in [1.807, 2.05) is 0 Å². The molecule has 0 nitrogen and oxygen atoms in total. The predicted octanol–water partition coefficient (Wildman–Crippen LogP) is 15.3. The van der Waals surface area contributed by atoms with Gasteiger partial charge >= 0.3 is 327 Å². The third-order valence-electron chi connectivity index (χ3n) is 12.1. The van der Waals surface area contributed by atoms with Gasteiger partial charge in [-0.1, -0.05) is 0 Å². The molecule has 2 unspecified atom stereocenters. The summed E-state index contributed by atoms with van der Waals surface area (Å²) in [5.41, 5.74) is 15.8. The fourth-order valence-electron chi connectivity index (χ4n) is 9.30. The van der Waals surface area contributed by atoms with E-state index in [1.54, 1.807) is 0 Å². The van der Waals surface area contributed by atoms with Crippen LogP contribution in [0.2, 0.25) is 13.1 Å². The van der Waals surface area contributed by atoms with Crippen molar-refractivity contribution in [2.45, 2.75) is 114 Å². The Morgan fingerprint density at radius 3 is 1.06 bits per heavy atom. The van der Waals surface area contributed by atoms with E-state index >= 15 is 0 Å². The van der Waals surface area contributed by atoms with Crippen LogP contribution in [-0.4, -0.2) is 5.92 Å². The van der Waals surface area contributed by atoms with Crippen LogP contribution >= 0.6 is 17.0 Å². The molecule has 275 valence electrons. The van der Waals surface area contributed by atoms with E-state index < -0.39 is 21.5 Å². The van der Waals surface area contributed by atoms with E-state index in [2.05, 4.69) is 193 Å². The number of rotatable bonds is 5. The van der Waals surface area contributed by atoms with Gasteiger partial charge in [0.2, 0.25) is 0 Å². The maximum atomic E-state index is 9.01. The molecule has 0 N–H and O–H groups in total. The number of allylic oxidation sites excluding steroid dienone is 2. The van der Waals surface area contributed by atoms with Crippen molar-refractivity contribution in [2.24, 2.45) is 10.8 Å². The summed E-state index contributed by atoms with van der Waals surface area (Å²) in [5, 5.41) is 0. The summed E-state index contributed by atoms with van der Waals surface area (Å²) in [6.07, 6.45) is 5.09. The summed E-state index contributed by atoms with van der Waals surface area (Å²) in [5.74, 6) is -1.77. The van der Waals surface area contributed by atoms with Gasteiger partial charge in [0.15, 0.2) is 0 Å². The topological polar surface area (TPSA) is 0 Å². The van der Waals surface area contributed by atoms with Crippen LogP contribution in [0.15, 0.2) is 96.1 Å². The molecule has 0 spiro atoms. The Kier molecular flexibility index (Phi) is 9.99. The Morgan fingerprint density at radius 2 is 0.788 bits per heavy atom. The molecule has 2 aliphatic carbocycles. The van der Waals surface area contributed by atoms with Gasteiger partial charge in [0.05, 0.1) is 0 Å². The summed E-state index contributed by atoms with van der Waals surface area (Å²) < 4.78 is 0.0131. The molecular weight excluding hydrogens is 767 g/mol. The third kappa shape index (κ3) is 6.48. The molecule has 0 aromatic heterocycles. The Morgan fingerprint density at radius 1 is 0.462 bits per heavy atom. The number of benzene rings is 4. The van der Waals surface area contributed by atoms with Crippen LogP contribution in [0.5, 0.6) is 0 Å². The van der Waals surface area contributed by atoms with Gasteiger partial charge in [-0.15, -0.1) is 0 Å². The van der Waals surface area contributed by atoms with E-state index in [0.717, 1.165) is 0 Å². The normalized spacial score (nSPS) is 18.8. The molecule has 52 heavy (non-hydrogen) atoms. The van der Waals surface area contributed by atoms with Gasteiger partial charge in [0.25, 0.3) is 0 Å². The predicted molar refractivity (Wildman–Crippen MR) is 232 cm³/mol. The van der Waals surface area contributed by atoms with Gasteiger partial charge in [-0.05, 0) is 0 Å². The molecule has 4 heteroatoms. The monoisotopic (exact) mass is 825 g/mol. The fourth-order valence-corrected chi connectivity index (χ4v) is 40.7. The zero-order valence-corrected chi connectivity index (χ0v) is 39.4. The number of halogens is 2. The van der Waals surface area contributed by atoms with E-state index in [1.165, 1.54) is 66.8 Å². The van der Waals surface area contributed by atoms with Crippen molar-refractivity contribution in [2.75, 3.05) is 0 Å². The van der Waals surface area contributed by atoms with E-state index in [0.29, 0.717) is 0 Å². The molecule has 0 aliphatic heterocycles. The van der Waals surface area contributed by atoms with Crippen molar-refractivity contribution in [3.63, 3.8) is 0 Å². The van der Waals surface area contributed by atoms with Crippen LogP contribution in [0.3, 0.4) is 0 Å². The van der Waals surface area contributed by atoms with E-state index in [9.17, 15) is 0 Å². The van der Waals surface area contributed by atoms with Crippen LogP contribution in [-0.2, 0) is 26.4 Å². The number of hydrogen-bond donors (Lipinski definition) is 0. The van der Waals surface area contributed by atoms with Gasteiger partial charge in [-0.2, -0.15) is 0 Å². The standard InChI is InChI=1S/2C23H27.C2H7Si.2ClH.Zr/c2*1-22(2,3)18-14-17-12-13-20(23(4,5)6)21(19(17)15-18)16-10-8-7-9-11-16;1-3-2;;;/h2*7-15H,1-6H3;3H,1-2H3;2*1H;/q;;;;;+2/p-2. The Balaban J connectivity index is 1.74. The summed E-state index contributed by atoms with van der Waals surface area (Å²) in [6.45, 7) is 33.2. The zero-order chi connectivity index (χ0) is 38.4. The first-order valence-corrected chi connectivity index (χ1v) is 35.7. The first-order chi connectivity index (χ1) is 23.9. The summed E-state index contributed by atoms with van der Waals surface area (Å²) in [7, 11) is 18.0. The van der Waals surface area contributed by atoms with Crippen molar-refractivity contribution in [1.29, 1.82) is 0 Å². The average Bonchev–Trinajstić information content (AvgIpc) is 3.65. The molecule has 4 aromatic rings.